The fourth-order valence-corrected chi connectivity index (χ4v) is 3.71. The predicted molar refractivity (Wildman–Crippen MR) is 114 cm³/mol. The SMILES string of the molecule is CN(Cc1ccc2ccccc2n1)C(=O)c1ccc(N(C)C2CCOCC2)nc1. The van der Waals surface area contributed by atoms with Gasteiger partial charge in [0.25, 0.3) is 5.91 Å². The topological polar surface area (TPSA) is 58.6 Å². The summed E-state index contributed by atoms with van der Waals surface area (Å²) in [7, 11) is 3.85. The molecule has 1 saturated heterocycles. The van der Waals surface area contributed by atoms with Crippen LogP contribution in [0.4, 0.5) is 5.82 Å². The number of carbonyl (C=O) groups excluding carboxylic acids is 1. The fourth-order valence-electron chi connectivity index (χ4n) is 3.71. The third-order valence-corrected chi connectivity index (χ3v) is 5.50. The second-order valence-electron chi connectivity index (χ2n) is 7.52. The van der Waals surface area contributed by atoms with E-state index in [1.165, 1.54) is 0 Å². The molecule has 0 spiro atoms. The summed E-state index contributed by atoms with van der Waals surface area (Å²) in [5.41, 5.74) is 2.38. The van der Waals surface area contributed by atoms with Crippen molar-refractivity contribution in [1.82, 2.24) is 14.9 Å². The van der Waals surface area contributed by atoms with Crippen molar-refractivity contribution < 1.29 is 9.53 Å². The third-order valence-electron chi connectivity index (χ3n) is 5.50. The highest BCUT2D eigenvalue weighted by Crippen LogP contribution is 2.20. The van der Waals surface area contributed by atoms with Crippen molar-refractivity contribution in [2.75, 3.05) is 32.2 Å². The maximum atomic E-state index is 12.8. The zero-order valence-electron chi connectivity index (χ0n) is 16.9. The van der Waals surface area contributed by atoms with Gasteiger partial charge in [-0.05, 0) is 37.1 Å². The molecule has 0 atom stereocenters. The molecule has 150 valence electrons. The molecule has 1 aliphatic rings. The molecule has 0 bridgehead atoms. The van der Waals surface area contributed by atoms with Crippen LogP contribution in [-0.2, 0) is 11.3 Å². The summed E-state index contributed by atoms with van der Waals surface area (Å²) in [5.74, 6) is 0.819. The number of amides is 1. The van der Waals surface area contributed by atoms with Gasteiger partial charge in [-0.1, -0.05) is 24.3 Å². The van der Waals surface area contributed by atoms with Gasteiger partial charge in [0.2, 0.25) is 0 Å². The van der Waals surface area contributed by atoms with Gasteiger partial charge < -0.3 is 14.5 Å². The zero-order valence-corrected chi connectivity index (χ0v) is 16.9. The molecule has 3 aromatic rings. The highest BCUT2D eigenvalue weighted by atomic mass is 16.5. The number of carbonyl (C=O) groups is 1. The van der Waals surface area contributed by atoms with Gasteiger partial charge in [-0.3, -0.25) is 9.78 Å². The Labute approximate surface area is 171 Å². The average Bonchev–Trinajstić information content (AvgIpc) is 2.78. The van der Waals surface area contributed by atoms with Gasteiger partial charge in [0.15, 0.2) is 0 Å². The van der Waals surface area contributed by atoms with Crippen molar-refractivity contribution in [3.05, 3.63) is 66.0 Å². The Morgan fingerprint density at radius 2 is 1.86 bits per heavy atom. The van der Waals surface area contributed by atoms with E-state index in [1.54, 1.807) is 18.1 Å². The van der Waals surface area contributed by atoms with Crippen LogP contribution in [0.15, 0.2) is 54.7 Å². The number of anilines is 1. The molecule has 29 heavy (non-hydrogen) atoms. The molecule has 0 aliphatic carbocycles. The van der Waals surface area contributed by atoms with Gasteiger partial charge in [-0.2, -0.15) is 0 Å². The maximum absolute atomic E-state index is 12.8. The van der Waals surface area contributed by atoms with Gasteiger partial charge in [0.05, 0.1) is 23.3 Å². The van der Waals surface area contributed by atoms with E-state index in [0.717, 1.165) is 48.5 Å². The number of rotatable bonds is 5. The van der Waals surface area contributed by atoms with Crippen LogP contribution in [0.5, 0.6) is 0 Å². The Hall–Kier alpha value is -2.99. The van der Waals surface area contributed by atoms with Crippen LogP contribution < -0.4 is 4.90 Å². The Morgan fingerprint density at radius 3 is 2.62 bits per heavy atom. The first-order valence-electron chi connectivity index (χ1n) is 9.98. The second kappa shape index (κ2) is 8.57. The molecule has 1 aromatic carbocycles. The lowest BCUT2D eigenvalue weighted by Crippen LogP contribution is -2.37. The summed E-state index contributed by atoms with van der Waals surface area (Å²) in [6.45, 7) is 2.03. The highest BCUT2D eigenvalue weighted by Gasteiger charge is 2.20. The number of ether oxygens (including phenoxy) is 1. The van der Waals surface area contributed by atoms with Gasteiger partial charge in [0.1, 0.15) is 5.82 Å². The smallest absolute Gasteiger partial charge is 0.255 e. The van der Waals surface area contributed by atoms with E-state index >= 15 is 0 Å². The van der Waals surface area contributed by atoms with Crippen molar-refractivity contribution in [3.8, 4) is 0 Å². The molecule has 6 heteroatoms. The molecule has 4 rings (SSSR count). The van der Waals surface area contributed by atoms with E-state index in [9.17, 15) is 4.79 Å². The molecular formula is C23H26N4O2. The lowest BCUT2D eigenvalue weighted by Gasteiger charge is -2.32. The molecule has 3 heterocycles. The number of aromatic nitrogens is 2. The van der Waals surface area contributed by atoms with Crippen LogP contribution in [-0.4, -0.2) is 54.1 Å². The first kappa shape index (κ1) is 19.3. The molecule has 1 fully saturated rings. The Kier molecular flexibility index (Phi) is 5.71. The van der Waals surface area contributed by atoms with Crippen molar-refractivity contribution in [2.24, 2.45) is 0 Å². The normalized spacial score (nSPS) is 14.7. The van der Waals surface area contributed by atoms with Crippen molar-refractivity contribution in [3.63, 3.8) is 0 Å². The van der Waals surface area contributed by atoms with Crippen LogP contribution >= 0.6 is 0 Å². The summed E-state index contributed by atoms with van der Waals surface area (Å²) in [4.78, 5) is 25.9. The van der Waals surface area contributed by atoms with Crippen LogP contribution in [0.2, 0.25) is 0 Å². The van der Waals surface area contributed by atoms with E-state index in [1.807, 2.05) is 48.5 Å². The molecule has 1 aliphatic heterocycles. The summed E-state index contributed by atoms with van der Waals surface area (Å²) in [6.07, 6.45) is 3.67. The number of nitrogens with zero attached hydrogens (tertiary/aromatic N) is 4. The fraction of sp³-hybridized carbons (Fsp3) is 0.348. The first-order chi connectivity index (χ1) is 14.1. The van der Waals surface area contributed by atoms with Gasteiger partial charge in [-0.15, -0.1) is 0 Å². The lowest BCUT2D eigenvalue weighted by molar-refractivity contribution is 0.0783. The van der Waals surface area contributed by atoms with Crippen molar-refractivity contribution in [1.29, 1.82) is 0 Å². The average molecular weight is 390 g/mol. The summed E-state index contributed by atoms with van der Waals surface area (Å²) in [6, 6.07) is 16.2. The van der Waals surface area contributed by atoms with Crippen LogP contribution in [0.3, 0.4) is 0 Å². The first-order valence-corrected chi connectivity index (χ1v) is 9.98. The number of hydrogen-bond donors (Lipinski definition) is 0. The molecule has 1 amide bonds. The minimum Gasteiger partial charge on any atom is -0.381 e. The summed E-state index contributed by atoms with van der Waals surface area (Å²) in [5, 5.41) is 1.10. The number of fused-ring (bicyclic) bond motifs is 1. The van der Waals surface area contributed by atoms with Crippen molar-refractivity contribution >= 4 is 22.6 Å². The van der Waals surface area contributed by atoms with Crippen LogP contribution in [0, 0.1) is 0 Å². The Balaban J connectivity index is 1.42. The number of hydrogen-bond acceptors (Lipinski definition) is 5. The zero-order chi connectivity index (χ0) is 20.2. The Bertz CT molecular complexity index is 984. The monoisotopic (exact) mass is 390 g/mol. The van der Waals surface area contributed by atoms with E-state index in [2.05, 4.69) is 21.9 Å². The Morgan fingerprint density at radius 1 is 1.07 bits per heavy atom. The quantitative estimate of drug-likeness (QED) is 0.667. The van der Waals surface area contributed by atoms with Gasteiger partial charge >= 0.3 is 0 Å². The second-order valence-corrected chi connectivity index (χ2v) is 7.52. The standard InChI is InChI=1S/C23H26N4O2/c1-26(16-19-9-7-17-5-3-4-6-21(17)25-19)23(28)18-8-10-22(24-15-18)27(2)20-11-13-29-14-12-20/h3-10,15,20H,11-14,16H2,1-2H3. The minimum atomic E-state index is -0.0623. The summed E-state index contributed by atoms with van der Waals surface area (Å²) >= 11 is 0. The molecule has 2 aromatic heterocycles. The highest BCUT2D eigenvalue weighted by molar-refractivity contribution is 5.94. The number of para-hydroxylation sites is 1. The van der Waals surface area contributed by atoms with Crippen LogP contribution in [0.1, 0.15) is 28.9 Å². The maximum Gasteiger partial charge on any atom is 0.255 e. The van der Waals surface area contributed by atoms with E-state index in [0.29, 0.717) is 18.2 Å². The van der Waals surface area contributed by atoms with E-state index in [4.69, 9.17) is 4.74 Å². The predicted octanol–water partition coefficient (Wildman–Crippen LogP) is 3.52. The lowest BCUT2D eigenvalue weighted by atomic mass is 10.1. The third kappa shape index (κ3) is 4.38. The van der Waals surface area contributed by atoms with Gasteiger partial charge in [-0.25, -0.2) is 4.98 Å². The van der Waals surface area contributed by atoms with Gasteiger partial charge in [0, 0.05) is 44.9 Å². The van der Waals surface area contributed by atoms with Crippen LogP contribution in [0.25, 0.3) is 10.9 Å². The number of pyridine rings is 2. The van der Waals surface area contributed by atoms with Crippen molar-refractivity contribution in [2.45, 2.75) is 25.4 Å². The van der Waals surface area contributed by atoms with E-state index < -0.39 is 0 Å². The molecular weight excluding hydrogens is 364 g/mol. The molecule has 0 N–H and O–H groups in total. The molecule has 0 saturated carbocycles. The molecule has 0 radical (unpaired) electrons. The van der Waals surface area contributed by atoms with E-state index in [-0.39, 0.29) is 5.91 Å². The largest absolute Gasteiger partial charge is 0.381 e. The molecule has 0 unspecified atom stereocenters. The summed E-state index contributed by atoms with van der Waals surface area (Å²) < 4.78 is 5.43. The molecule has 6 nitrogen and oxygen atoms in total. The minimum absolute atomic E-state index is 0.0623. The number of benzene rings is 1.